The quantitative estimate of drug-likeness (QED) is 0.781. The standard InChI is InChI=1S/C13H16ClN3S/c1-8-4-2-3-5-11(8)17-12-10(16-13(17)18)6-9(14)7-15-12/h6-8,11H,2-5H2,1H3,(H,16,18). The summed E-state index contributed by atoms with van der Waals surface area (Å²) in [5, 5.41) is 0.641. The Balaban J connectivity index is 2.16. The van der Waals surface area contributed by atoms with Gasteiger partial charge in [-0.2, -0.15) is 0 Å². The molecule has 1 fully saturated rings. The zero-order valence-electron chi connectivity index (χ0n) is 10.3. The molecule has 1 saturated carbocycles. The molecule has 0 bridgehead atoms. The molecule has 2 heterocycles. The van der Waals surface area contributed by atoms with Crippen LogP contribution in [0.25, 0.3) is 11.2 Å². The molecule has 5 heteroatoms. The van der Waals surface area contributed by atoms with Gasteiger partial charge in [0.1, 0.15) is 0 Å². The summed E-state index contributed by atoms with van der Waals surface area (Å²) in [6.07, 6.45) is 6.75. The molecule has 0 spiro atoms. The van der Waals surface area contributed by atoms with Crippen molar-refractivity contribution in [2.24, 2.45) is 5.92 Å². The van der Waals surface area contributed by atoms with Gasteiger partial charge in [-0.05, 0) is 37.0 Å². The maximum Gasteiger partial charge on any atom is 0.179 e. The summed E-state index contributed by atoms with van der Waals surface area (Å²) < 4.78 is 2.95. The summed E-state index contributed by atoms with van der Waals surface area (Å²) in [6, 6.07) is 2.36. The number of pyridine rings is 1. The molecule has 2 aromatic heterocycles. The predicted octanol–water partition coefficient (Wildman–Crippen LogP) is 4.50. The molecule has 1 aliphatic carbocycles. The Kier molecular flexibility index (Phi) is 3.16. The highest BCUT2D eigenvalue weighted by molar-refractivity contribution is 7.71. The molecular weight excluding hydrogens is 266 g/mol. The number of H-pyrrole nitrogens is 1. The fraction of sp³-hybridized carbons (Fsp3) is 0.538. The Bertz CT molecular complexity index is 631. The van der Waals surface area contributed by atoms with E-state index in [1.165, 1.54) is 25.7 Å². The molecule has 0 aliphatic heterocycles. The van der Waals surface area contributed by atoms with Crippen molar-refractivity contribution in [3.63, 3.8) is 0 Å². The van der Waals surface area contributed by atoms with Crippen LogP contribution in [0.3, 0.4) is 0 Å². The van der Waals surface area contributed by atoms with Gasteiger partial charge in [0, 0.05) is 12.2 Å². The van der Waals surface area contributed by atoms with Gasteiger partial charge in [-0.3, -0.25) is 4.57 Å². The van der Waals surface area contributed by atoms with Crippen molar-refractivity contribution < 1.29 is 0 Å². The van der Waals surface area contributed by atoms with Gasteiger partial charge in [0.15, 0.2) is 10.4 Å². The minimum Gasteiger partial charge on any atom is -0.329 e. The van der Waals surface area contributed by atoms with Crippen molar-refractivity contribution in [2.75, 3.05) is 0 Å². The van der Waals surface area contributed by atoms with E-state index in [-0.39, 0.29) is 0 Å². The number of rotatable bonds is 1. The highest BCUT2D eigenvalue weighted by atomic mass is 35.5. The minimum atomic E-state index is 0.466. The van der Waals surface area contributed by atoms with E-state index < -0.39 is 0 Å². The van der Waals surface area contributed by atoms with Crippen LogP contribution in [0.4, 0.5) is 0 Å². The van der Waals surface area contributed by atoms with Crippen LogP contribution in [0.2, 0.25) is 5.02 Å². The lowest BCUT2D eigenvalue weighted by Gasteiger charge is -2.29. The van der Waals surface area contributed by atoms with Gasteiger partial charge < -0.3 is 4.98 Å². The maximum absolute atomic E-state index is 5.97. The zero-order valence-corrected chi connectivity index (χ0v) is 11.9. The molecule has 0 saturated heterocycles. The van der Waals surface area contributed by atoms with Gasteiger partial charge in [0.05, 0.1) is 10.5 Å². The Morgan fingerprint density at radius 3 is 3.00 bits per heavy atom. The van der Waals surface area contributed by atoms with Crippen LogP contribution < -0.4 is 0 Å². The normalized spacial score (nSPS) is 24.6. The highest BCUT2D eigenvalue weighted by Crippen LogP contribution is 2.35. The van der Waals surface area contributed by atoms with E-state index in [2.05, 4.69) is 21.5 Å². The van der Waals surface area contributed by atoms with Crippen LogP contribution in [0.5, 0.6) is 0 Å². The third kappa shape index (κ3) is 1.97. The third-order valence-corrected chi connectivity index (χ3v) is 4.43. The highest BCUT2D eigenvalue weighted by Gasteiger charge is 2.25. The number of nitrogens with one attached hydrogen (secondary N) is 1. The van der Waals surface area contributed by atoms with Crippen molar-refractivity contribution in [1.82, 2.24) is 14.5 Å². The molecule has 1 N–H and O–H groups in total. The first-order valence-electron chi connectivity index (χ1n) is 6.42. The predicted molar refractivity (Wildman–Crippen MR) is 76.6 cm³/mol. The number of hydrogen-bond acceptors (Lipinski definition) is 2. The van der Waals surface area contributed by atoms with Gasteiger partial charge in [0.2, 0.25) is 0 Å². The smallest absolute Gasteiger partial charge is 0.179 e. The molecule has 3 rings (SSSR count). The van der Waals surface area contributed by atoms with Crippen LogP contribution in [-0.2, 0) is 0 Å². The summed E-state index contributed by atoms with van der Waals surface area (Å²) in [5.74, 6) is 0.655. The van der Waals surface area contributed by atoms with Crippen LogP contribution in [0, 0.1) is 10.7 Å². The fourth-order valence-corrected chi connectivity index (χ4v) is 3.47. The molecular formula is C13H16ClN3S. The van der Waals surface area contributed by atoms with Gasteiger partial charge in [-0.1, -0.05) is 31.4 Å². The number of halogens is 1. The van der Waals surface area contributed by atoms with Crippen molar-refractivity contribution in [2.45, 2.75) is 38.6 Å². The Morgan fingerprint density at radius 2 is 2.22 bits per heavy atom. The monoisotopic (exact) mass is 281 g/mol. The van der Waals surface area contributed by atoms with Crippen molar-refractivity contribution in [3.8, 4) is 0 Å². The van der Waals surface area contributed by atoms with E-state index in [0.717, 1.165) is 15.9 Å². The topological polar surface area (TPSA) is 33.6 Å². The van der Waals surface area contributed by atoms with E-state index in [9.17, 15) is 0 Å². The van der Waals surface area contributed by atoms with Gasteiger partial charge in [-0.15, -0.1) is 0 Å². The summed E-state index contributed by atoms with van der Waals surface area (Å²) in [7, 11) is 0. The van der Waals surface area contributed by atoms with Crippen LogP contribution >= 0.6 is 23.8 Å². The number of hydrogen-bond donors (Lipinski definition) is 1. The summed E-state index contributed by atoms with van der Waals surface area (Å²) in [5.41, 5.74) is 1.87. The lowest BCUT2D eigenvalue weighted by atomic mass is 9.86. The molecule has 0 aromatic carbocycles. The first-order chi connectivity index (χ1) is 8.66. The summed E-state index contributed by atoms with van der Waals surface area (Å²) >= 11 is 11.4. The molecule has 3 nitrogen and oxygen atoms in total. The van der Waals surface area contributed by atoms with Gasteiger partial charge >= 0.3 is 0 Å². The van der Waals surface area contributed by atoms with E-state index in [1.54, 1.807) is 6.20 Å². The number of aromatic nitrogens is 3. The van der Waals surface area contributed by atoms with Crippen LogP contribution in [0.1, 0.15) is 38.6 Å². The molecule has 0 radical (unpaired) electrons. The van der Waals surface area contributed by atoms with E-state index >= 15 is 0 Å². The zero-order chi connectivity index (χ0) is 12.7. The van der Waals surface area contributed by atoms with Crippen LogP contribution in [-0.4, -0.2) is 14.5 Å². The van der Waals surface area contributed by atoms with Crippen molar-refractivity contribution in [1.29, 1.82) is 0 Å². The third-order valence-electron chi connectivity index (χ3n) is 3.92. The van der Waals surface area contributed by atoms with E-state index in [1.807, 2.05) is 6.07 Å². The fourth-order valence-electron chi connectivity index (χ4n) is 2.98. The molecule has 1 aliphatic rings. The summed E-state index contributed by atoms with van der Waals surface area (Å²) in [6.45, 7) is 2.31. The lowest BCUT2D eigenvalue weighted by Crippen LogP contribution is -2.21. The molecule has 2 aromatic rings. The first-order valence-corrected chi connectivity index (χ1v) is 7.21. The Hall–Kier alpha value is -0.870. The number of imidazole rings is 1. The number of nitrogens with zero attached hydrogens (tertiary/aromatic N) is 2. The van der Waals surface area contributed by atoms with Gasteiger partial charge in [0.25, 0.3) is 0 Å². The molecule has 18 heavy (non-hydrogen) atoms. The molecule has 2 unspecified atom stereocenters. The minimum absolute atomic E-state index is 0.466. The average Bonchev–Trinajstić information content (AvgIpc) is 2.65. The van der Waals surface area contributed by atoms with E-state index in [4.69, 9.17) is 23.8 Å². The molecule has 0 amide bonds. The number of aromatic amines is 1. The second kappa shape index (κ2) is 4.67. The second-order valence-electron chi connectivity index (χ2n) is 5.15. The van der Waals surface area contributed by atoms with E-state index in [0.29, 0.717) is 17.0 Å². The molecule has 2 atom stereocenters. The van der Waals surface area contributed by atoms with Crippen molar-refractivity contribution >= 4 is 35.0 Å². The van der Waals surface area contributed by atoms with Crippen molar-refractivity contribution in [3.05, 3.63) is 22.1 Å². The maximum atomic E-state index is 5.97. The second-order valence-corrected chi connectivity index (χ2v) is 5.98. The molecule has 96 valence electrons. The summed E-state index contributed by atoms with van der Waals surface area (Å²) in [4.78, 5) is 7.66. The number of fused-ring (bicyclic) bond motifs is 1. The lowest BCUT2D eigenvalue weighted by molar-refractivity contribution is 0.259. The van der Waals surface area contributed by atoms with Gasteiger partial charge in [-0.25, -0.2) is 4.98 Å². The first kappa shape index (κ1) is 12.2. The Morgan fingerprint density at radius 1 is 1.44 bits per heavy atom. The average molecular weight is 282 g/mol. The Labute approximate surface area is 116 Å². The van der Waals surface area contributed by atoms with Crippen LogP contribution in [0.15, 0.2) is 12.3 Å². The SMILES string of the molecule is CC1CCCCC1n1c(=S)[nH]c2cc(Cl)cnc21. The largest absolute Gasteiger partial charge is 0.329 e.